The number of carbonyl (C=O) groups excluding carboxylic acids is 1. The molecule has 2 nitrogen and oxygen atoms in total. The Kier molecular flexibility index (Phi) is 7.46. The highest BCUT2D eigenvalue weighted by atomic mass is 19.1. The van der Waals surface area contributed by atoms with Crippen molar-refractivity contribution in [3.05, 3.63) is 53.3 Å². The average Bonchev–Trinajstić information content (AvgIpc) is 2.75. The lowest BCUT2D eigenvalue weighted by Gasteiger charge is -2.27. The van der Waals surface area contributed by atoms with E-state index in [2.05, 4.69) is 19.1 Å². The van der Waals surface area contributed by atoms with E-state index in [1.807, 2.05) is 19.1 Å². The summed E-state index contributed by atoms with van der Waals surface area (Å²) in [5.41, 5.74) is 2.40. The molecule has 0 spiro atoms. The van der Waals surface area contributed by atoms with Crippen LogP contribution in [0.5, 0.6) is 5.75 Å². The van der Waals surface area contributed by atoms with Gasteiger partial charge in [0, 0.05) is 12.0 Å². The quantitative estimate of drug-likeness (QED) is 0.474. The maximum atomic E-state index is 14.7. The fourth-order valence-corrected chi connectivity index (χ4v) is 4.52. The van der Waals surface area contributed by atoms with Gasteiger partial charge in [0.15, 0.2) is 17.3 Å². The van der Waals surface area contributed by atoms with E-state index in [0.29, 0.717) is 18.4 Å². The van der Waals surface area contributed by atoms with E-state index in [-0.39, 0.29) is 11.3 Å². The van der Waals surface area contributed by atoms with Crippen LogP contribution in [-0.4, -0.2) is 10.9 Å². The smallest absolute Gasteiger partial charge is 0.173 e. The van der Waals surface area contributed by atoms with Gasteiger partial charge in [0.05, 0.1) is 5.56 Å². The number of Topliss-reactive ketones (excluding diaryl/α,β-unsaturated/α-hetero) is 1. The van der Waals surface area contributed by atoms with Gasteiger partial charge in [-0.15, -0.1) is 0 Å². The lowest BCUT2D eigenvalue weighted by molar-refractivity contribution is 0.0978. The summed E-state index contributed by atoms with van der Waals surface area (Å²) in [6.45, 7) is 4.18. The molecule has 0 bridgehead atoms. The van der Waals surface area contributed by atoms with E-state index in [9.17, 15) is 14.3 Å². The Morgan fingerprint density at radius 3 is 2.28 bits per heavy atom. The molecular formula is C26H33FO2. The van der Waals surface area contributed by atoms with E-state index in [1.54, 1.807) is 6.07 Å². The molecule has 0 amide bonds. The highest BCUT2D eigenvalue weighted by Crippen LogP contribution is 2.34. The molecule has 3 heteroatoms. The Balaban J connectivity index is 1.64. The summed E-state index contributed by atoms with van der Waals surface area (Å²) in [6.07, 6.45) is 10.0. The Morgan fingerprint density at radius 1 is 1.00 bits per heavy atom. The van der Waals surface area contributed by atoms with Gasteiger partial charge in [0.2, 0.25) is 0 Å². The number of rotatable bonds is 8. The maximum Gasteiger partial charge on any atom is 0.173 e. The predicted molar refractivity (Wildman–Crippen MR) is 117 cm³/mol. The standard InChI is InChI=1S/C26H33FO2/c1-3-5-24(28)23-17-16-22(25(27)26(23)29)21-14-12-20(13-15-21)11-10-19-8-6-18(4-2)7-9-19/h12-19,29H,3-11H2,1-2H3. The third kappa shape index (κ3) is 5.26. The van der Waals surface area contributed by atoms with Gasteiger partial charge in [-0.3, -0.25) is 4.79 Å². The minimum atomic E-state index is -0.715. The van der Waals surface area contributed by atoms with Crippen LogP contribution in [0.3, 0.4) is 0 Å². The molecule has 1 saturated carbocycles. The second-order valence-electron chi connectivity index (χ2n) is 8.53. The minimum Gasteiger partial charge on any atom is -0.504 e. The first kappa shape index (κ1) is 21.5. The summed E-state index contributed by atoms with van der Waals surface area (Å²) in [7, 11) is 0. The van der Waals surface area contributed by atoms with Crippen molar-refractivity contribution in [2.45, 2.75) is 71.6 Å². The third-order valence-electron chi connectivity index (χ3n) is 6.54. The van der Waals surface area contributed by atoms with Crippen LogP contribution >= 0.6 is 0 Å². The number of aromatic hydroxyl groups is 1. The molecule has 0 aliphatic heterocycles. The van der Waals surface area contributed by atoms with Crippen LogP contribution < -0.4 is 0 Å². The molecular weight excluding hydrogens is 363 g/mol. The number of halogens is 1. The third-order valence-corrected chi connectivity index (χ3v) is 6.54. The zero-order valence-electron chi connectivity index (χ0n) is 17.7. The van der Waals surface area contributed by atoms with Gasteiger partial charge >= 0.3 is 0 Å². The molecule has 0 heterocycles. The largest absolute Gasteiger partial charge is 0.504 e. The molecule has 0 aromatic heterocycles. The van der Waals surface area contributed by atoms with Gasteiger partial charge in [-0.25, -0.2) is 4.39 Å². The van der Waals surface area contributed by atoms with Crippen LogP contribution in [0.2, 0.25) is 0 Å². The summed E-state index contributed by atoms with van der Waals surface area (Å²) in [5, 5.41) is 10.2. The lowest BCUT2D eigenvalue weighted by Crippen LogP contribution is -2.14. The van der Waals surface area contributed by atoms with Gasteiger partial charge in [0.1, 0.15) is 0 Å². The van der Waals surface area contributed by atoms with E-state index >= 15 is 0 Å². The number of carbonyl (C=O) groups is 1. The number of hydrogen-bond donors (Lipinski definition) is 1. The van der Waals surface area contributed by atoms with Crippen molar-refractivity contribution in [3.63, 3.8) is 0 Å². The van der Waals surface area contributed by atoms with Gasteiger partial charge in [-0.05, 0) is 48.3 Å². The number of hydrogen-bond acceptors (Lipinski definition) is 2. The van der Waals surface area contributed by atoms with E-state index < -0.39 is 11.6 Å². The summed E-state index contributed by atoms with van der Waals surface area (Å²) < 4.78 is 14.7. The van der Waals surface area contributed by atoms with Crippen LogP contribution in [0.15, 0.2) is 36.4 Å². The van der Waals surface area contributed by atoms with Crippen LogP contribution in [0.25, 0.3) is 11.1 Å². The van der Waals surface area contributed by atoms with Crippen molar-refractivity contribution in [3.8, 4) is 16.9 Å². The molecule has 1 fully saturated rings. The molecule has 0 saturated heterocycles. The van der Waals surface area contributed by atoms with Gasteiger partial charge < -0.3 is 5.11 Å². The highest BCUT2D eigenvalue weighted by molar-refractivity contribution is 5.99. The first-order valence-electron chi connectivity index (χ1n) is 11.2. The van der Waals surface area contributed by atoms with Crippen molar-refractivity contribution in [2.75, 3.05) is 0 Å². The predicted octanol–water partition coefficient (Wildman–Crippen LogP) is 7.33. The molecule has 0 unspecified atom stereocenters. The molecule has 0 radical (unpaired) electrons. The first-order valence-corrected chi connectivity index (χ1v) is 11.2. The number of ketones is 1. The van der Waals surface area contributed by atoms with Crippen molar-refractivity contribution >= 4 is 5.78 Å². The molecule has 156 valence electrons. The Morgan fingerprint density at radius 2 is 1.66 bits per heavy atom. The van der Waals surface area contributed by atoms with E-state index in [4.69, 9.17) is 0 Å². The molecule has 29 heavy (non-hydrogen) atoms. The van der Waals surface area contributed by atoms with Crippen LogP contribution in [0, 0.1) is 17.7 Å². The van der Waals surface area contributed by atoms with E-state index in [0.717, 1.165) is 23.8 Å². The second kappa shape index (κ2) is 10.0. The number of benzene rings is 2. The Hall–Kier alpha value is -2.16. The molecule has 1 N–H and O–H groups in total. The lowest BCUT2D eigenvalue weighted by atomic mass is 9.78. The summed E-state index contributed by atoms with van der Waals surface area (Å²) in [6, 6.07) is 11.1. The summed E-state index contributed by atoms with van der Waals surface area (Å²) >= 11 is 0. The molecule has 1 aliphatic rings. The van der Waals surface area contributed by atoms with Crippen LogP contribution in [0.1, 0.15) is 81.1 Å². The molecule has 2 aromatic rings. The normalized spacial score (nSPS) is 19.3. The number of aryl methyl sites for hydroxylation is 1. The Bertz CT molecular complexity index is 817. The van der Waals surface area contributed by atoms with Gasteiger partial charge in [-0.2, -0.15) is 0 Å². The molecule has 0 atom stereocenters. The van der Waals surface area contributed by atoms with Gasteiger partial charge in [-0.1, -0.05) is 76.3 Å². The fourth-order valence-electron chi connectivity index (χ4n) is 4.52. The summed E-state index contributed by atoms with van der Waals surface area (Å²) in [5.74, 6) is 0.291. The molecule has 2 aromatic carbocycles. The monoisotopic (exact) mass is 396 g/mol. The first-order chi connectivity index (χ1) is 14.0. The topological polar surface area (TPSA) is 37.3 Å². The molecule has 1 aliphatic carbocycles. The summed E-state index contributed by atoms with van der Waals surface area (Å²) in [4.78, 5) is 12.0. The SMILES string of the molecule is CCCC(=O)c1ccc(-c2ccc(CCC3CCC(CC)CC3)cc2)c(F)c1O. The van der Waals surface area contributed by atoms with Crippen molar-refractivity contribution in [1.82, 2.24) is 0 Å². The minimum absolute atomic E-state index is 0.0718. The Labute approximate surface area is 174 Å². The fraction of sp³-hybridized carbons (Fsp3) is 0.500. The van der Waals surface area contributed by atoms with Crippen LogP contribution in [-0.2, 0) is 6.42 Å². The van der Waals surface area contributed by atoms with E-state index in [1.165, 1.54) is 50.2 Å². The zero-order chi connectivity index (χ0) is 20.8. The maximum absolute atomic E-state index is 14.7. The highest BCUT2D eigenvalue weighted by Gasteiger charge is 2.20. The zero-order valence-corrected chi connectivity index (χ0v) is 17.7. The second-order valence-corrected chi connectivity index (χ2v) is 8.53. The van der Waals surface area contributed by atoms with Crippen molar-refractivity contribution in [1.29, 1.82) is 0 Å². The van der Waals surface area contributed by atoms with Crippen molar-refractivity contribution in [2.24, 2.45) is 11.8 Å². The van der Waals surface area contributed by atoms with Crippen molar-refractivity contribution < 1.29 is 14.3 Å². The van der Waals surface area contributed by atoms with Gasteiger partial charge in [0.25, 0.3) is 0 Å². The average molecular weight is 397 g/mol. The number of phenols is 1. The number of phenolic OH excluding ortho intramolecular Hbond substituents is 1. The van der Waals surface area contributed by atoms with Crippen LogP contribution in [0.4, 0.5) is 4.39 Å². The molecule has 3 rings (SSSR count).